The van der Waals surface area contributed by atoms with Crippen LogP contribution in [0.4, 0.5) is 23.5 Å². The van der Waals surface area contributed by atoms with Crippen molar-refractivity contribution >= 4 is 5.95 Å². The molecule has 2 N–H and O–H groups in total. The Hall–Kier alpha value is -3.98. The predicted molar refractivity (Wildman–Crippen MR) is 132 cm³/mol. The van der Waals surface area contributed by atoms with Crippen molar-refractivity contribution < 1.29 is 17.6 Å². The smallest absolute Gasteiger partial charge is 0.369 e. The van der Waals surface area contributed by atoms with Gasteiger partial charge in [0.25, 0.3) is 5.56 Å². The van der Waals surface area contributed by atoms with Crippen molar-refractivity contribution in [1.29, 1.82) is 0 Å². The van der Waals surface area contributed by atoms with Crippen molar-refractivity contribution in [3.63, 3.8) is 0 Å². The van der Waals surface area contributed by atoms with Gasteiger partial charge in [-0.25, -0.2) is 9.37 Å². The molecule has 0 saturated carbocycles. The van der Waals surface area contributed by atoms with Crippen molar-refractivity contribution in [3.05, 3.63) is 129 Å². The number of rotatable bonds is 5. The molecule has 0 bridgehead atoms. The zero-order valence-electron chi connectivity index (χ0n) is 19.8. The van der Waals surface area contributed by atoms with E-state index in [-0.39, 0.29) is 30.2 Å². The van der Waals surface area contributed by atoms with Gasteiger partial charge in [-0.15, -0.1) is 0 Å². The molecular weight excluding hydrogens is 484 g/mol. The molecule has 190 valence electrons. The van der Waals surface area contributed by atoms with E-state index in [4.69, 9.17) is 5.73 Å². The van der Waals surface area contributed by atoms with Gasteiger partial charge < -0.3 is 5.73 Å². The second-order valence-electron chi connectivity index (χ2n) is 9.06. The van der Waals surface area contributed by atoms with Crippen molar-refractivity contribution in [2.45, 2.75) is 31.7 Å². The lowest BCUT2D eigenvalue weighted by Gasteiger charge is -2.30. The van der Waals surface area contributed by atoms with E-state index >= 15 is 0 Å². The number of aromatic nitrogens is 2. The topological polar surface area (TPSA) is 64.1 Å². The van der Waals surface area contributed by atoms with E-state index in [2.05, 4.69) is 4.98 Å². The summed E-state index contributed by atoms with van der Waals surface area (Å²) in [5.41, 5.74) is 7.91. The van der Waals surface area contributed by atoms with Gasteiger partial charge in [0.05, 0.1) is 22.9 Å². The Bertz CT molecular complexity index is 1430. The zero-order chi connectivity index (χ0) is 26.2. The maximum absolute atomic E-state index is 14.5. The number of nitrogen functional groups attached to an aromatic ring is 1. The predicted octanol–water partition coefficient (Wildman–Crippen LogP) is 5.18. The van der Waals surface area contributed by atoms with Gasteiger partial charge in [-0.05, 0) is 23.3 Å². The molecule has 5 nitrogen and oxygen atoms in total. The highest BCUT2D eigenvalue weighted by molar-refractivity contribution is 5.39. The molecule has 0 atom stereocenters. The third-order valence-corrected chi connectivity index (χ3v) is 6.63. The fraction of sp³-hybridized carbons (Fsp3) is 0.214. The van der Waals surface area contributed by atoms with Gasteiger partial charge in [0.1, 0.15) is 5.82 Å². The van der Waals surface area contributed by atoms with Gasteiger partial charge in [-0.1, -0.05) is 66.7 Å². The number of halogens is 4. The summed E-state index contributed by atoms with van der Waals surface area (Å²) in [5.74, 6) is -0.828. The fourth-order valence-corrected chi connectivity index (χ4v) is 4.80. The molecule has 0 amide bonds. The minimum atomic E-state index is -4.62. The SMILES string of the molecule is Nc1nc2c(c(=O)n1C(c1ccccc1)c1ccccc1)CN(Cc1ccc(C(F)(F)F)cc1F)CC2. The monoisotopic (exact) mass is 508 g/mol. The van der Waals surface area contributed by atoms with Gasteiger partial charge in [0.15, 0.2) is 0 Å². The molecule has 1 aliphatic rings. The van der Waals surface area contributed by atoms with Crippen molar-refractivity contribution in [1.82, 2.24) is 14.5 Å². The van der Waals surface area contributed by atoms with Crippen LogP contribution in [0.1, 0.15) is 39.6 Å². The number of fused-ring (bicyclic) bond motifs is 1. The lowest BCUT2D eigenvalue weighted by atomic mass is 9.97. The molecule has 0 unspecified atom stereocenters. The molecule has 0 radical (unpaired) electrons. The second kappa shape index (κ2) is 9.82. The minimum Gasteiger partial charge on any atom is -0.369 e. The molecule has 37 heavy (non-hydrogen) atoms. The highest BCUT2D eigenvalue weighted by Gasteiger charge is 2.32. The molecular formula is C28H24F4N4O. The number of nitrogens with two attached hydrogens (primary N) is 1. The lowest BCUT2D eigenvalue weighted by Crippen LogP contribution is -2.40. The average molecular weight is 509 g/mol. The van der Waals surface area contributed by atoms with Crippen LogP contribution in [-0.2, 0) is 25.7 Å². The van der Waals surface area contributed by atoms with Crippen LogP contribution < -0.4 is 11.3 Å². The largest absolute Gasteiger partial charge is 0.416 e. The van der Waals surface area contributed by atoms with E-state index in [1.807, 2.05) is 65.6 Å². The van der Waals surface area contributed by atoms with Gasteiger partial charge >= 0.3 is 6.18 Å². The second-order valence-corrected chi connectivity index (χ2v) is 9.06. The van der Waals surface area contributed by atoms with E-state index in [1.54, 1.807) is 0 Å². The zero-order valence-corrected chi connectivity index (χ0v) is 19.8. The van der Waals surface area contributed by atoms with Gasteiger partial charge in [0, 0.05) is 31.6 Å². The summed E-state index contributed by atoms with van der Waals surface area (Å²) in [4.78, 5) is 20.2. The molecule has 1 aliphatic heterocycles. The average Bonchev–Trinajstić information content (AvgIpc) is 2.88. The van der Waals surface area contributed by atoms with E-state index in [9.17, 15) is 22.4 Å². The molecule has 0 spiro atoms. The van der Waals surface area contributed by atoms with Gasteiger partial charge in [-0.2, -0.15) is 13.2 Å². The number of hydrogen-bond acceptors (Lipinski definition) is 4. The Kier molecular flexibility index (Phi) is 6.55. The quantitative estimate of drug-likeness (QED) is 0.378. The summed E-state index contributed by atoms with van der Waals surface area (Å²) < 4.78 is 54.7. The molecule has 2 heterocycles. The van der Waals surface area contributed by atoms with Crippen LogP contribution in [0.5, 0.6) is 0 Å². The molecule has 4 aromatic rings. The van der Waals surface area contributed by atoms with Crippen molar-refractivity contribution in [2.75, 3.05) is 12.3 Å². The number of anilines is 1. The van der Waals surface area contributed by atoms with Crippen LogP contribution in [-0.4, -0.2) is 21.0 Å². The van der Waals surface area contributed by atoms with Crippen molar-refractivity contribution in [3.8, 4) is 0 Å². The van der Waals surface area contributed by atoms with E-state index in [0.29, 0.717) is 30.3 Å². The molecule has 0 saturated heterocycles. The molecule has 9 heteroatoms. The number of benzene rings is 3. The Morgan fingerprint density at radius 1 is 0.946 bits per heavy atom. The van der Waals surface area contributed by atoms with Gasteiger partial charge in [-0.3, -0.25) is 14.3 Å². The van der Waals surface area contributed by atoms with E-state index < -0.39 is 23.6 Å². The van der Waals surface area contributed by atoms with E-state index in [0.717, 1.165) is 23.3 Å². The van der Waals surface area contributed by atoms with Crippen LogP contribution in [0.2, 0.25) is 0 Å². The number of alkyl halides is 3. The maximum atomic E-state index is 14.5. The van der Waals surface area contributed by atoms with Gasteiger partial charge in [0.2, 0.25) is 5.95 Å². The molecule has 5 rings (SSSR count). The summed E-state index contributed by atoms with van der Waals surface area (Å²) in [6, 6.07) is 21.0. The standard InChI is InChI=1S/C28H24F4N4O/c29-23-15-21(28(30,31)32)12-11-20(23)16-35-14-13-24-22(17-35)26(37)36(27(33)34-24)25(18-7-3-1-4-8-18)19-9-5-2-6-10-19/h1-12,15,25H,13-14,16-17H2,(H2,33,34). The molecule has 1 aromatic heterocycles. The summed E-state index contributed by atoms with van der Waals surface area (Å²) >= 11 is 0. The highest BCUT2D eigenvalue weighted by Crippen LogP contribution is 2.31. The first-order valence-electron chi connectivity index (χ1n) is 11.8. The Morgan fingerprint density at radius 3 is 2.14 bits per heavy atom. The summed E-state index contributed by atoms with van der Waals surface area (Å²) in [6.45, 7) is 0.705. The lowest BCUT2D eigenvalue weighted by molar-refractivity contribution is -0.137. The van der Waals surface area contributed by atoms with Crippen LogP contribution >= 0.6 is 0 Å². The maximum Gasteiger partial charge on any atom is 0.416 e. The highest BCUT2D eigenvalue weighted by atomic mass is 19.4. The molecule has 0 aliphatic carbocycles. The number of nitrogens with zero attached hydrogens (tertiary/aromatic N) is 3. The third kappa shape index (κ3) is 4.99. The Morgan fingerprint density at radius 2 is 1.57 bits per heavy atom. The Labute approximate surface area is 210 Å². The molecule has 3 aromatic carbocycles. The summed E-state index contributed by atoms with van der Waals surface area (Å²) in [7, 11) is 0. The minimum absolute atomic E-state index is 0.0635. The van der Waals surface area contributed by atoms with Crippen LogP contribution in [0.3, 0.4) is 0 Å². The fourth-order valence-electron chi connectivity index (χ4n) is 4.80. The van der Waals surface area contributed by atoms with E-state index in [1.165, 1.54) is 4.57 Å². The first-order chi connectivity index (χ1) is 17.7. The number of hydrogen-bond donors (Lipinski definition) is 1. The first kappa shape index (κ1) is 24.7. The van der Waals surface area contributed by atoms with Crippen LogP contribution in [0.15, 0.2) is 83.7 Å². The normalized spacial score (nSPS) is 14.1. The summed E-state index contributed by atoms with van der Waals surface area (Å²) in [6.07, 6.45) is -4.20. The third-order valence-electron chi connectivity index (χ3n) is 6.63. The van der Waals surface area contributed by atoms with Crippen LogP contribution in [0.25, 0.3) is 0 Å². The first-order valence-corrected chi connectivity index (χ1v) is 11.8. The van der Waals surface area contributed by atoms with Crippen LogP contribution in [0, 0.1) is 5.82 Å². The summed E-state index contributed by atoms with van der Waals surface area (Å²) in [5, 5.41) is 0. The molecule has 0 fully saturated rings. The Balaban J connectivity index is 1.50. The van der Waals surface area contributed by atoms with Crippen molar-refractivity contribution in [2.24, 2.45) is 0 Å².